The number of rotatable bonds is 3. The number of carbonyl (C=O) groups is 1. The van der Waals surface area contributed by atoms with Crippen LogP contribution in [0.15, 0.2) is 42.6 Å². The van der Waals surface area contributed by atoms with Gasteiger partial charge in [0.1, 0.15) is 11.5 Å². The molecule has 2 aliphatic heterocycles. The lowest BCUT2D eigenvalue weighted by Gasteiger charge is -2.37. The highest BCUT2D eigenvalue weighted by molar-refractivity contribution is 5.92. The summed E-state index contributed by atoms with van der Waals surface area (Å²) in [7, 11) is 2.07. The average Bonchev–Trinajstić information content (AvgIpc) is 2.74. The molecular formula is C21H26FN5O. The van der Waals surface area contributed by atoms with E-state index in [1.165, 1.54) is 6.07 Å². The molecule has 0 N–H and O–H groups in total. The number of hydrogen-bond acceptors (Lipinski definition) is 5. The van der Waals surface area contributed by atoms with Crippen LogP contribution >= 0.6 is 0 Å². The minimum atomic E-state index is -0.176. The lowest BCUT2D eigenvalue weighted by atomic mass is 10.2. The zero-order valence-electron chi connectivity index (χ0n) is 16.2. The molecule has 0 spiro atoms. The molecule has 2 saturated heterocycles. The molecule has 0 saturated carbocycles. The van der Waals surface area contributed by atoms with E-state index in [0.29, 0.717) is 11.4 Å². The predicted octanol–water partition coefficient (Wildman–Crippen LogP) is 1.93. The molecule has 0 unspecified atom stereocenters. The number of para-hydroxylation sites is 1. The molecule has 6 nitrogen and oxygen atoms in total. The van der Waals surface area contributed by atoms with Gasteiger partial charge in [0.15, 0.2) is 0 Å². The highest BCUT2D eigenvalue weighted by Crippen LogP contribution is 2.22. The van der Waals surface area contributed by atoms with Gasteiger partial charge in [0.05, 0.1) is 17.6 Å². The second-order valence-electron chi connectivity index (χ2n) is 7.42. The molecule has 3 heterocycles. The van der Waals surface area contributed by atoms with Crippen molar-refractivity contribution in [2.45, 2.75) is 0 Å². The first kappa shape index (κ1) is 18.7. The van der Waals surface area contributed by atoms with Gasteiger partial charge < -0.3 is 19.6 Å². The molecule has 7 heteroatoms. The van der Waals surface area contributed by atoms with Crippen LogP contribution in [0.4, 0.5) is 15.8 Å². The summed E-state index contributed by atoms with van der Waals surface area (Å²) in [4.78, 5) is 25.4. The van der Waals surface area contributed by atoms with Crippen LogP contribution in [-0.2, 0) is 0 Å². The van der Waals surface area contributed by atoms with Gasteiger partial charge in [-0.3, -0.25) is 4.79 Å². The smallest absolute Gasteiger partial charge is 0.272 e. The van der Waals surface area contributed by atoms with Crippen molar-refractivity contribution in [3.8, 4) is 0 Å². The summed E-state index contributed by atoms with van der Waals surface area (Å²) in [5, 5.41) is 0. The summed E-state index contributed by atoms with van der Waals surface area (Å²) in [6.45, 7) is 6.38. The van der Waals surface area contributed by atoms with Crippen molar-refractivity contribution < 1.29 is 9.18 Å². The third-order valence-electron chi connectivity index (χ3n) is 5.60. The van der Waals surface area contributed by atoms with E-state index in [4.69, 9.17) is 0 Å². The summed E-state index contributed by atoms with van der Waals surface area (Å²) in [6, 6.07) is 10.7. The summed E-state index contributed by atoms with van der Waals surface area (Å²) in [5.41, 5.74) is 2.16. The average molecular weight is 383 g/mol. The molecule has 1 aromatic carbocycles. The van der Waals surface area contributed by atoms with Crippen molar-refractivity contribution in [1.82, 2.24) is 14.8 Å². The maximum absolute atomic E-state index is 14.0. The number of pyridine rings is 1. The van der Waals surface area contributed by atoms with Crippen molar-refractivity contribution >= 4 is 17.3 Å². The number of hydrogen-bond donors (Lipinski definition) is 0. The third kappa shape index (κ3) is 3.94. The molecule has 2 aliphatic rings. The molecule has 0 radical (unpaired) electrons. The number of benzene rings is 1. The fourth-order valence-electron chi connectivity index (χ4n) is 3.78. The van der Waals surface area contributed by atoms with Gasteiger partial charge in [-0.05, 0) is 31.3 Å². The Hall–Kier alpha value is -2.67. The molecule has 1 amide bonds. The molecule has 1 aromatic heterocycles. The second kappa shape index (κ2) is 8.14. The minimum absolute atomic E-state index is 0.00372. The van der Waals surface area contributed by atoms with Gasteiger partial charge in [0.2, 0.25) is 0 Å². The van der Waals surface area contributed by atoms with Gasteiger partial charge in [-0.25, -0.2) is 9.37 Å². The topological polar surface area (TPSA) is 42.9 Å². The highest BCUT2D eigenvalue weighted by atomic mass is 19.1. The van der Waals surface area contributed by atoms with Crippen LogP contribution in [0.1, 0.15) is 10.5 Å². The Morgan fingerprint density at radius 1 is 0.893 bits per heavy atom. The third-order valence-corrected chi connectivity index (χ3v) is 5.60. The Labute approximate surface area is 165 Å². The van der Waals surface area contributed by atoms with E-state index in [2.05, 4.69) is 26.7 Å². The summed E-state index contributed by atoms with van der Waals surface area (Å²) >= 11 is 0. The zero-order valence-corrected chi connectivity index (χ0v) is 16.2. The van der Waals surface area contributed by atoms with Crippen LogP contribution < -0.4 is 9.80 Å². The molecule has 28 heavy (non-hydrogen) atoms. The van der Waals surface area contributed by atoms with Crippen molar-refractivity contribution in [3.63, 3.8) is 0 Å². The molecule has 0 aliphatic carbocycles. The van der Waals surface area contributed by atoms with Crippen LogP contribution in [-0.4, -0.2) is 80.1 Å². The van der Waals surface area contributed by atoms with Crippen molar-refractivity contribution in [2.24, 2.45) is 0 Å². The standard InChI is InChI=1S/C21H26FN5O/c1-24-8-10-27(11-9-24)21(28)19-7-6-17(16-23-19)25-12-14-26(15-13-25)20-5-3-2-4-18(20)22/h2-7,16H,8-15H2,1H3. The number of amides is 1. The molecule has 4 rings (SSSR count). The number of anilines is 2. The Balaban J connectivity index is 1.36. The van der Waals surface area contributed by atoms with Gasteiger partial charge in [-0.1, -0.05) is 12.1 Å². The molecular weight excluding hydrogens is 357 g/mol. The predicted molar refractivity (Wildman–Crippen MR) is 108 cm³/mol. The van der Waals surface area contributed by atoms with E-state index in [9.17, 15) is 9.18 Å². The van der Waals surface area contributed by atoms with E-state index < -0.39 is 0 Å². The van der Waals surface area contributed by atoms with E-state index >= 15 is 0 Å². The van der Waals surface area contributed by atoms with Gasteiger partial charge in [-0.15, -0.1) is 0 Å². The quantitative estimate of drug-likeness (QED) is 0.810. The number of carbonyl (C=O) groups excluding carboxylic acids is 1. The minimum Gasteiger partial charge on any atom is -0.367 e. The molecule has 2 fully saturated rings. The number of aromatic nitrogens is 1. The fourth-order valence-corrected chi connectivity index (χ4v) is 3.78. The van der Waals surface area contributed by atoms with Crippen LogP contribution in [0.3, 0.4) is 0 Å². The molecule has 0 bridgehead atoms. The van der Waals surface area contributed by atoms with E-state index in [-0.39, 0.29) is 11.7 Å². The normalized spacial score (nSPS) is 18.4. The fraction of sp³-hybridized carbons (Fsp3) is 0.429. The molecule has 0 atom stereocenters. The number of piperazine rings is 2. The van der Waals surface area contributed by atoms with Gasteiger partial charge in [0.25, 0.3) is 5.91 Å². The van der Waals surface area contributed by atoms with Crippen molar-refractivity contribution in [2.75, 3.05) is 69.2 Å². The van der Waals surface area contributed by atoms with Crippen molar-refractivity contribution in [1.29, 1.82) is 0 Å². The van der Waals surface area contributed by atoms with Crippen molar-refractivity contribution in [3.05, 3.63) is 54.1 Å². The first-order valence-corrected chi connectivity index (χ1v) is 9.80. The Morgan fingerprint density at radius 3 is 2.21 bits per heavy atom. The maximum atomic E-state index is 14.0. The number of likely N-dealkylation sites (N-methyl/N-ethyl adjacent to an activating group) is 1. The Kier molecular flexibility index (Phi) is 5.43. The van der Waals surface area contributed by atoms with E-state index in [1.54, 1.807) is 12.3 Å². The highest BCUT2D eigenvalue weighted by Gasteiger charge is 2.23. The second-order valence-corrected chi connectivity index (χ2v) is 7.42. The summed E-state index contributed by atoms with van der Waals surface area (Å²) in [6.07, 6.45) is 1.78. The first-order valence-electron chi connectivity index (χ1n) is 9.80. The van der Waals surface area contributed by atoms with Gasteiger partial charge >= 0.3 is 0 Å². The van der Waals surface area contributed by atoms with E-state index in [1.807, 2.05) is 29.2 Å². The van der Waals surface area contributed by atoms with Crippen LogP contribution in [0.5, 0.6) is 0 Å². The first-order chi connectivity index (χ1) is 13.6. The summed E-state index contributed by atoms with van der Waals surface area (Å²) in [5.74, 6) is -0.173. The van der Waals surface area contributed by atoms with Crippen LogP contribution in [0.2, 0.25) is 0 Å². The zero-order chi connectivity index (χ0) is 19.5. The van der Waals surface area contributed by atoms with Crippen LogP contribution in [0.25, 0.3) is 0 Å². The summed E-state index contributed by atoms with van der Waals surface area (Å²) < 4.78 is 14.0. The molecule has 2 aromatic rings. The Morgan fingerprint density at radius 2 is 1.57 bits per heavy atom. The number of nitrogens with zero attached hydrogens (tertiary/aromatic N) is 5. The SMILES string of the molecule is CN1CCN(C(=O)c2ccc(N3CCN(c4ccccc4F)CC3)cn2)CC1. The maximum Gasteiger partial charge on any atom is 0.272 e. The largest absolute Gasteiger partial charge is 0.367 e. The lowest BCUT2D eigenvalue weighted by molar-refractivity contribution is 0.0658. The van der Waals surface area contributed by atoms with Gasteiger partial charge in [-0.2, -0.15) is 0 Å². The monoisotopic (exact) mass is 383 g/mol. The van der Waals surface area contributed by atoms with Gasteiger partial charge in [0, 0.05) is 52.4 Å². The number of halogens is 1. The molecule has 148 valence electrons. The van der Waals surface area contributed by atoms with Crippen LogP contribution in [0, 0.1) is 5.82 Å². The van der Waals surface area contributed by atoms with E-state index in [0.717, 1.165) is 58.0 Å². The Bertz CT molecular complexity index is 812. The lowest BCUT2D eigenvalue weighted by Crippen LogP contribution is -2.47.